The zero-order chi connectivity index (χ0) is 20.7. The monoisotopic (exact) mass is 391 g/mol. The lowest BCUT2D eigenvalue weighted by atomic mass is 9.94. The molecular weight excluding hydrogens is 356 g/mol. The number of likely N-dealkylation sites (tertiary alicyclic amines) is 1. The van der Waals surface area contributed by atoms with Gasteiger partial charge in [-0.25, -0.2) is 0 Å². The van der Waals surface area contributed by atoms with Gasteiger partial charge >= 0.3 is 0 Å². The highest BCUT2D eigenvalue weighted by Gasteiger charge is 2.30. The molecule has 2 rings (SSSR count). The van der Waals surface area contributed by atoms with Gasteiger partial charge in [-0.05, 0) is 26.0 Å². The highest BCUT2D eigenvalue weighted by atomic mass is 16.5. The van der Waals surface area contributed by atoms with Crippen molar-refractivity contribution in [2.75, 3.05) is 47.5 Å². The van der Waals surface area contributed by atoms with Crippen LogP contribution in [0.4, 0.5) is 0 Å². The van der Waals surface area contributed by atoms with Gasteiger partial charge < -0.3 is 24.0 Å². The molecule has 156 valence electrons. The summed E-state index contributed by atoms with van der Waals surface area (Å²) < 4.78 is 16.3. The maximum atomic E-state index is 12.8. The van der Waals surface area contributed by atoms with Crippen LogP contribution in [0.15, 0.2) is 24.3 Å². The van der Waals surface area contributed by atoms with Crippen LogP contribution < -0.4 is 19.1 Å². The number of quaternary nitrogens is 1. The average Bonchev–Trinajstić information content (AvgIpc) is 2.71. The minimum atomic E-state index is 0.128. The summed E-state index contributed by atoms with van der Waals surface area (Å²) in [6.07, 6.45) is 1.84. The van der Waals surface area contributed by atoms with Gasteiger partial charge in [0, 0.05) is 37.4 Å². The van der Waals surface area contributed by atoms with Gasteiger partial charge in [0.2, 0.25) is 11.7 Å². The van der Waals surface area contributed by atoms with E-state index in [1.807, 2.05) is 30.9 Å². The van der Waals surface area contributed by atoms with Crippen molar-refractivity contribution in [2.24, 2.45) is 5.92 Å². The number of hydrogen-bond donors (Lipinski definition) is 1. The van der Waals surface area contributed by atoms with Crippen molar-refractivity contribution >= 4 is 5.91 Å². The number of likely N-dealkylation sites (N-methyl/N-ethyl adjacent to an activating group) is 1. The van der Waals surface area contributed by atoms with Gasteiger partial charge in [0.25, 0.3) is 0 Å². The minimum absolute atomic E-state index is 0.128. The Balaban J connectivity index is 1.99. The van der Waals surface area contributed by atoms with E-state index in [2.05, 4.69) is 6.58 Å². The Labute approximate surface area is 169 Å². The molecule has 1 N–H and O–H groups in total. The molecule has 0 bridgehead atoms. The number of ether oxygens (including phenoxy) is 3. The van der Waals surface area contributed by atoms with Crippen LogP contribution in [-0.2, 0) is 11.3 Å². The second kappa shape index (κ2) is 10.4. The summed E-state index contributed by atoms with van der Waals surface area (Å²) in [5.41, 5.74) is 2.17. The van der Waals surface area contributed by atoms with Gasteiger partial charge in [-0.15, -0.1) is 0 Å². The van der Waals surface area contributed by atoms with Gasteiger partial charge in [-0.3, -0.25) is 4.79 Å². The lowest BCUT2D eigenvalue weighted by Gasteiger charge is -2.32. The fourth-order valence-corrected chi connectivity index (χ4v) is 3.91. The van der Waals surface area contributed by atoms with Crippen molar-refractivity contribution in [1.29, 1.82) is 0 Å². The molecule has 0 atom stereocenters. The molecule has 6 heteroatoms. The number of nitrogens with one attached hydrogen (secondary N) is 1. The van der Waals surface area contributed by atoms with E-state index < -0.39 is 0 Å². The van der Waals surface area contributed by atoms with Gasteiger partial charge in [0.1, 0.15) is 6.54 Å². The molecule has 0 aliphatic carbocycles. The van der Waals surface area contributed by atoms with E-state index >= 15 is 0 Å². The van der Waals surface area contributed by atoms with Crippen molar-refractivity contribution in [3.05, 3.63) is 29.8 Å². The van der Waals surface area contributed by atoms with E-state index in [4.69, 9.17) is 14.2 Å². The van der Waals surface area contributed by atoms with Crippen LogP contribution in [0.5, 0.6) is 17.2 Å². The van der Waals surface area contributed by atoms with Crippen LogP contribution in [0.25, 0.3) is 0 Å². The molecule has 1 saturated heterocycles. The molecule has 28 heavy (non-hydrogen) atoms. The molecule has 1 aliphatic heterocycles. The third-order valence-corrected chi connectivity index (χ3v) is 5.37. The predicted octanol–water partition coefficient (Wildman–Crippen LogP) is 1.93. The van der Waals surface area contributed by atoms with Crippen LogP contribution in [0.2, 0.25) is 0 Å². The van der Waals surface area contributed by atoms with Crippen LogP contribution in [-0.4, -0.2) is 58.3 Å². The second-order valence-electron chi connectivity index (χ2n) is 7.54. The fraction of sp³-hybridized carbons (Fsp3) is 0.591. The standard InChI is InChI=1S/C22H34N2O4/c1-7-24(14-16(2)3)22(25)18-8-10-23(11-9-18)15-17-12-19(26-4)21(28-6)20(13-17)27-5/h12-13,18H,2,7-11,14-15H2,1,3-6H3/p+1. The fourth-order valence-electron chi connectivity index (χ4n) is 3.91. The first-order chi connectivity index (χ1) is 13.4. The summed E-state index contributed by atoms with van der Waals surface area (Å²) in [6, 6.07) is 4.02. The number of hydrogen-bond acceptors (Lipinski definition) is 4. The van der Waals surface area contributed by atoms with E-state index in [1.54, 1.807) is 21.3 Å². The molecule has 0 saturated carbocycles. The highest BCUT2D eigenvalue weighted by molar-refractivity contribution is 5.79. The van der Waals surface area contributed by atoms with E-state index in [1.165, 1.54) is 4.90 Å². The first-order valence-corrected chi connectivity index (χ1v) is 9.99. The number of amides is 1. The normalized spacial score (nSPS) is 19.0. The molecule has 1 amide bonds. The van der Waals surface area contributed by atoms with Crippen molar-refractivity contribution in [1.82, 2.24) is 4.90 Å². The number of nitrogens with zero attached hydrogens (tertiary/aromatic N) is 1. The zero-order valence-corrected chi connectivity index (χ0v) is 18.0. The van der Waals surface area contributed by atoms with E-state index in [0.717, 1.165) is 50.2 Å². The summed E-state index contributed by atoms with van der Waals surface area (Å²) in [5, 5.41) is 0. The summed E-state index contributed by atoms with van der Waals surface area (Å²) >= 11 is 0. The largest absolute Gasteiger partial charge is 0.493 e. The minimum Gasteiger partial charge on any atom is -0.493 e. The van der Waals surface area contributed by atoms with Gasteiger partial charge in [0.05, 0.1) is 34.4 Å². The van der Waals surface area contributed by atoms with Crippen molar-refractivity contribution < 1.29 is 23.9 Å². The maximum absolute atomic E-state index is 12.8. The van der Waals surface area contributed by atoms with Crippen LogP contribution in [0.3, 0.4) is 0 Å². The maximum Gasteiger partial charge on any atom is 0.226 e. The van der Waals surface area contributed by atoms with E-state index in [-0.39, 0.29) is 11.8 Å². The lowest BCUT2D eigenvalue weighted by Crippen LogP contribution is -3.11. The number of carbonyl (C=O) groups excluding carboxylic acids is 1. The van der Waals surface area contributed by atoms with E-state index in [0.29, 0.717) is 23.8 Å². The summed E-state index contributed by atoms with van der Waals surface area (Å²) in [7, 11) is 4.88. The quantitative estimate of drug-likeness (QED) is 0.654. The first kappa shape index (κ1) is 22.1. The van der Waals surface area contributed by atoms with Crippen LogP contribution in [0, 0.1) is 5.92 Å². The first-order valence-electron chi connectivity index (χ1n) is 9.99. The summed E-state index contributed by atoms with van der Waals surface area (Å²) in [6.45, 7) is 12.2. The Morgan fingerprint density at radius 3 is 2.14 bits per heavy atom. The molecule has 6 nitrogen and oxygen atoms in total. The third kappa shape index (κ3) is 5.41. The van der Waals surface area contributed by atoms with E-state index in [9.17, 15) is 4.79 Å². The Kier molecular flexibility index (Phi) is 8.18. The predicted molar refractivity (Wildman–Crippen MR) is 110 cm³/mol. The lowest BCUT2D eigenvalue weighted by molar-refractivity contribution is -0.919. The number of methoxy groups -OCH3 is 3. The molecule has 0 aromatic heterocycles. The average molecular weight is 392 g/mol. The Morgan fingerprint density at radius 2 is 1.71 bits per heavy atom. The number of rotatable bonds is 9. The van der Waals surface area contributed by atoms with Gasteiger partial charge in [-0.1, -0.05) is 12.2 Å². The van der Waals surface area contributed by atoms with Crippen molar-refractivity contribution in [2.45, 2.75) is 33.2 Å². The summed E-state index contributed by atoms with van der Waals surface area (Å²) in [5.74, 6) is 2.38. The second-order valence-corrected chi connectivity index (χ2v) is 7.54. The Morgan fingerprint density at radius 1 is 1.14 bits per heavy atom. The van der Waals surface area contributed by atoms with Gasteiger partial charge in [0.15, 0.2) is 11.5 Å². The Hall–Kier alpha value is -2.21. The third-order valence-electron chi connectivity index (χ3n) is 5.37. The number of carbonyl (C=O) groups is 1. The number of piperidine rings is 1. The van der Waals surface area contributed by atoms with Crippen molar-refractivity contribution in [3.63, 3.8) is 0 Å². The molecule has 1 heterocycles. The molecule has 0 radical (unpaired) electrons. The molecule has 1 aliphatic rings. The molecule has 1 fully saturated rings. The SMILES string of the molecule is C=C(C)CN(CC)C(=O)C1CC[NH+](Cc2cc(OC)c(OC)c(OC)c2)CC1. The topological polar surface area (TPSA) is 52.4 Å². The molecule has 1 aromatic rings. The molecule has 0 spiro atoms. The Bertz CT molecular complexity index is 656. The van der Waals surface area contributed by atoms with Crippen LogP contribution >= 0.6 is 0 Å². The highest BCUT2D eigenvalue weighted by Crippen LogP contribution is 2.38. The molecule has 0 unspecified atom stereocenters. The molecular formula is C22H35N2O4+. The summed E-state index contributed by atoms with van der Waals surface area (Å²) in [4.78, 5) is 16.2. The molecule has 1 aromatic carbocycles. The smallest absolute Gasteiger partial charge is 0.226 e. The van der Waals surface area contributed by atoms with Gasteiger partial charge in [-0.2, -0.15) is 0 Å². The number of benzene rings is 1. The van der Waals surface area contributed by atoms with Crippen molar-refractivity contribution in [3.8, 4) is 17.2 Å². The zero-order valence-electron chi connectivity index (χ0n) is 18.0. The van der Waals surface area contributed by atoms with Crippen LogP contribution in [0.1, 0.15) is 32.3 Å².